The Morgan fingerprint density at radius 1 is 1.38 bits per heavy atom. The second kappa shape index (κ2) is 4.15. The molecular formula is C13H16N2O. The van der Waals surface area contributed by atoms with E-state index in [2.05, 4.69) is 11.0 Å². The van der Waals surface area contributed by atoms with Gasteiger partial charge in [-0.25, -0.2) is 0 Å². The average Bonchev–Trinajstić information content (AvgIpc) is 2.72. The average molecular weight is 216 g/mol. The summed E-state index contributed by atoms with van der Waals surface area (Å²) in [6, 6.07) is 10.3. The lowest BCUT2D eigenvalue weighted by molar-refractivity contribution is 0.240. The van der Waals surface area contributed by atoms with Crippen molar-refractivity contribution in [2.45, 2.75) is 18.4 Å². The predicted octanol–water partition coefficient (Wildman–Crippen LogP) is 2.14. The Balaban J connectivity index is 2.38. The molecule has 1 unspecified atom stereocenters. The van der Waals surface area contributed by atoms with Crippen molar-refractivity contribution in [2.75, 3.05) is 20.7 Å². The van der Waals surface area contributed by atoms with Crippen molar-refractivity contribution in [1.29, 1.82) is 5.26 Å². The molecule has 0 amide bonds. The zero-order valence-corrected chi connectivity index (χ0v) is 9.73. The molecule has 0 aromatic heterocycles. The number of benzene rings is 1. The fourth-order valence-corrected chi connectivity index (χ4v) is 2.39. The Bertz CT molecular complexity index is 407. The fourth-order valence-electron chi connectivity index (χ4n) is 2.39. The highest BCUT2D eigenvalue weighted by atomic mass is 16.5. The number of methoxy groups -OCH3 is 1. The Morgan fingerprint density at radius 3 is 2.50 bits per heavy atom. The smallest absolute Gasteiger partial charge is 0.134 e. The van der Waals surface area contributed by atoms with Crippen molar-refractivity contribution in [3.05, 3.63) is 29.8 Å². The third-order valence-electron chi connectivity index (χ3n) is 3.44. The number of hydrogen-bond donors (Lipinski definition) is 0. The van der Waals surface area contributed by atoms with Crippen LogP contribution in [0, 0.1) is 11.3 Å². The zero-order valence-electron chi connectivity index (χ0n) is 9.73. The van der Waals surface area contributed by atoms with Gasteiger partial charge in [0.15, 0.2) is 0 Å². The summed E-state index contributed by atoms with van der Waals surface area (Å²) in [7, 11) is 3.66. The molecule has 0 spiro atoms. The van der Waals surface area contributed by atoms with Crippen LogP contribution in [0.15, 0.2) is 24.3 Å². The van der Waals surface area contributed by atoms with E-state index in [0.717, 1.165) is 30.7 Å². The molecule has 2 rings (SSSR count). The standard InChI is InChI=1S/C13H16N2O/c1-15-9-3-8-13(15,10-14)11-4-6-12(16-2)7-5-11/h4-7H,3,8-9H2,1-2H3. The molecule has 1 fully saturated rings. The van der Waals surface area contributed by atoms with E-state index >= 15 is 0 Å². The first-order valence-corrected chi connectivity index (χ1v) is 5.50. The molecule has 0 radical (unpaired) electrons. The first kappa shape index (κ1) is 11.0. The quantitative estimate of drug-likeness (QED) is 0.760. The summed E-state index contributed by atoms with van der Waals surface area (Å²) in [4.78, 5) is 2.13. The molecule has 1 aliphatic heterocycles. The minimum absolute atomic E-state index is 0.438. The van der Waals surface area contributed by atoms with Crippen LogP contribution in [0.5, 0.6) is 5.75 Å². The third kappa shape index (κ3) is 1.56. The maximum Gasteiger partial charge on any atom is 0.134 e. The van der Waals surface area contributed by atoms with Crippen LogP contribution in [0.25, 0.3) is 0 Å². The van der Waals surface area contributed by atoms with Gasteiger partial charge < -0.3 is 4.74 Å². The molecule has 3 heteroatoms. The lowest BCUT2D eigenvalue weighted by Crippen LogP contribution is -2.36. The van der Waals surface area contributed by atoms with Crippen molar-refractivity contribution in [3.8, 4) is 11.8 Å². The maximum absolute atomic E-state index is 9.44. The topological polar surface area (TPSA) is 36.3 Å². The van der Waals surface area contributed by atoms with E-state index in [4.69, 9.17) is 4.74 Å². The van der Waals surface area contributed by atoms with Crippen molar-refractivity contribution in [2.24, 2.45) is 0 Å². The van der Waals surface area contributed by atoms with Gasteiger partial charge in [-0.15, -0.1) is 0 Å². The normalized spacial score (nSPS) is 25.3. The van der Waals surface area contributed by atoms with Gasteiger partial charge in [0.2, 0.25) is 0 Å². The van der Waals surface area contributed by atoms with Crippen molar-refractivity contribution in [1.82, 2.24) is 4.90 Å². The molecule has 0 aliphatic carbocycles. The van der Waals surface area contributed by atoms with Gasteiger partial charge in [-0.3, -0.25) is 4.90 Å². The molecule has 1 aliphatic rings. The molecule has 3 nitrogen and oxygen atoms in total. The second-order valence-electron chi connectivity index (χ2n) is 4.23. The van der Waals surface area contributed by atoms with E-state index in [9.17, 15) is 5.26 Å². The lowest BCUT2D eigenvalue weighted by Gasteiger charge is -2.29. The Kier molecular flexibility index (Phi) is 2.84. The van der Waals surface area contributed by atoms with Crippen LogP contribution >= 0.6 is 0 Å². The predicted molar refractivity (Wildman–Crippen MR) is 62.1 cm³/mol. The largest absolute Gasteiger partial charge is 0.497 e. The van der Waals surface area contributed by atoms with E-state index < -0.39 is 5.54 Å². The van der Waals surface area contributed by atoms with Gasteiger partial charge in [-0.1, -0.05) is 12.1 Å². The molecule has 0 saturated carbocycles. The summed E-state index contributed by atoms with van der Waals surface area (Å²) in [5.41, 5.74) is 0.627. The Labute approximate surface area is 96.2 Å². The molecule has 84 valence electrons. The summed E-state index contributed by atoms with van der Waals surface area (Å²) in [6.45, 7) is 0.986. The fraction of sp³-hybridized carbons (Fsp3) is 0.462. The van der Waals surface area contributed by atoms with E-state index in [1.165, 1.54) is 0 Å². The number of likely N-dealkylation sites (tertiary alicyclic amines) is 1. The highest BCUT2D eigenvalue weighted by Gasteiger charge is 2.40. The van der Waals surface area contributed by atoms with Crippen LogP contribution < -0.4 is 4.74 Å². The van der Waals surface area contributed by atoms with Crippen LogP contribution in [0.2, 0.25) is 0 Å². The summed E-state index contributed by atoms with van der Waals surface area (Å²) >= 11 is 0. The van der Waals surface area contributed by atoms with Crippen molar-refractivity contribution in [3.63, 3.8) is 0 Å². The van der Waals surface area contributed by atoms with Crippen LogP contribution in [0.1, 0.15) is 18.4 Å². The van der Waals surface area contributed by atoms with Gasteiger partial charge in [0.1, 0.15) is 11.3 Å². The SMILES string of the molecule is COc1ccc(C2(C#N)CCCN2C)cc1. The van der Waals surface area contributed by atoms with Gasteiger partial charge >= 0.3 is 0 Å². The molecule has 0 N–H and O–H groups in total. The number of nitrogens with zero attached hydrogens (tertiary/aromatic N) is 2. The van der Waals surface area contributed by atoms with Gasteiger partial charge in [0.05, 0.1) is 13.2 Å². The van der Waals surface area contributed by atoms with Crippen LogP contribution in [-0.2, 0) is 5.54 Å². The second-order valence-corrected chi connectivity index (χ2v) is 4.23. The molecule has 16 heavy (non-hydrogen) atoms. The number of nitriles is 1. The number of hydrogen-bond acceptors (Lipinski definition) is 3. The van der Waals surface area contributed by atoms with Crippen LogP contribution in [0.3, 0.4) is 0 Å². The molecule has 0 bridgehead atoms. The highest BCUT2D eigenvalue weighted by Crippen LogP contribution is 2.37. The van der Waals surface area contributed by atoms with E-state index in [1.807, 2.05) is 31.3 Å². The van der Waals surface area contributed by atoms with E-state index in [0.29, 0.717) is 0 Å². The number of rotatable bonds is 2. The van der Waals surface area contributed by atoms with Crippen LogP contribution in [0.4, 0.5) is 0 Å². The molecule has 1 aromatic rings. The third-order valence-corrected chi connectivity index (χ3v) is 3.44. The number of ether oxygens (including phenoxy) is 1. The van der Waals surface area contributed by atoms with Gasteiger partial charge in [0, 0.05) is 0 Å². The minimum atomic E-state index is -0.438. The molecule has 1 aromatic carbocycles. The Hall–Kier alpha value is -1.53. The summed E-state index contributed by atoms with van der Waals surface area (Å²) in [6.07, 6.45) is 1.99. The van der Waals surface area contributed by atoms with E-state index in [-0.39, 0.29) is 0 Å². The van der Waals surface area contributed by atoms with Gasteiger partial charge in [-0.05, 0) is 44.1 Å². The molecule has 1 heterocycles. The Morgan fingerprint density at radius 2 is 2.06 bits per heavy atom. The summed E-state index contributed by atoms with van der Waals surface area (Å²) in [5.74, 6) is 0.831. The van der Waals surface area contributed by atoms with Crippen molar-refractivity contribution >= 4 is 0 Å². The lowest BCUT2D eigenvalue weighted by atomic mass is 9.89. The van der Waals surface area contributed by atoms with Crippen LogP contribution in [-0.4, -0.2) is 25.6 Å². The highest BCUT2D eigenvalue weighted by molar-refractivity contribution is 5.37. The molecule has 1 saturated heterocycles. The first-order chi connectivity index (χ1) is 7.73. The zero-order chi connectivity index (χ0) is 11.6. The summed E-state index contributed by atoms with van der Waals surface area (Å²) in [5, 5.41) is 9.44. The van der Waals surface area contributed by atoms with Gasteiger partial charge in [-0.2, -0.15) is 5.26 Å². The monoisotopic (exact) mass is 216 g/mol. The van der Waals surface area contributed by atoms with Gasteiger partial charge in [0.25, 0.3) is 0 Å². The first-order valence-electron chi connectivity index (χ1n) is 5.50. The van der Waals surface area contributed by atoms with Crippen molar-refractivity contribution < 1.29 is 4.74 Å². The molecule has 1 atom stereocenters. The van der Waals surface area contributed by atoms with E-state index in [1.54, 1.807) is 7.11 Å². The maximum atomic E-state index is 9.44. The molecular weight excluding hydrogens is 200 g/mol. The minimum Gasteiger partial charge on any atom is -0.497 e. The summed E-state index contributed by atoms with van der Waals surface area (Å²) < 4.78 is 5.13.